The van der Waals surface area contributed by atoms with Gasteiger partial charge in [0, 0.05) is 12.6 Å². The van der Waals surface area contributed by atoms with E-state index in [9.17, 15) is 26.4 Å². The normalized spacial score (nSPS) is 15.0. The molecular weight excluding hydrogens is 347 g/mol. The van der Waals surface area contributed by atoms with Crippen molar-refractivity contribution in [2.75, 3.05) is 23.7 Å². The highest BCUT2D eigenvalue weighted by Crippen LogP contribution is 2.30. The predicted octanol–water partition coefficient (Wildman–Crippen LogP) is 1.93. The molecule has 0 aliphatic heterocycles. The van der Waals surface area contributed by atoms with Crippen LogP contribution < -0.4 is 14.9 Å². The van der Waals surface area contributed by atoms with Crippen molar-refractivity contribution in [1.29, 1.82) is 0 Å². The molecule has 1 aromatic carbocycles. The van der Waals surface area contributed by atoms with Gasteiger partial charge in [-0.05, 0) is 37.1 Å². The van der Waals surface area contributed by atoms with Crippen molar-refractivity contribution in [3.8, 4) is 0 Å². The van der Waals surface area contributed by atoms with Crippen molar-refractivity contribution in [1.82, 2.24) is 10.6 Å². The molecule has 10 heteroatoms. The fourth-order valence-electron chi connectivity index (χ4n) is 2.04. The molecule has 134 valence electrons. The van der Waals surface area contributed by atoms with Crippen LogP contribution in [0.3, 0.4) is 0 Å². The fourth-order valence-corrected chi connectivity index (χ4v) is 2.97. The number of amides is 2. The molecule has 0 spiro atoms. The van der Waals surface area contributed by atoms with Gasteiger partial charge in [-0.2, -0.15) is 13.2 Å². The molecule has 1 aliphatic rings. The average Bonchev–Trinajstić information content (AvgIpc) is 3.25. The summed E-state index contributed by atoms with van der Waals surface area (Å²) in [7, 11) is -3.69. The minimum absolute atomic E-state index is 0.0344. The van der Waals surface area contributed by atoms with Gasteiger partial charge in [0.05, 0.1) is 24.1 Å². The van der Waals surface area contributed by atoms with E-state index in [1.807, 2.05) is 0 Å². The number of rotatable bonds is 6. The van der Waals surface area contributed by atoms with Crippen LogP contribution in [0.4, 0.5) is 23.7 Å². The Morgan fingerprint density at radius 2 is 1.83 bits per heavy atom. The number of nitrogens with zero attached hydrogens (tertiary/aromatic N) is 1. The van der Waals surface area contributed by atoms with Crippen LogP contribution in [-0.2, 0) is 16.2 Å². The Morgan fingerprint density at radius 1 is 1.25 bits per heavy atom. The van der Waals surface area contributed by atoms with E-state index >= 15 is 0 Å². The molecule has 0 bridgehead atoms. The van der Waals surface area contributed by atoms with Crippen LogP contribution in [0.2, 0.25) is 0 Å². The van der Waals surface area contributed by atoms with Gasteiger partial charge in [0.15, 0.2) is 0 Å². The zero-order valence-electron chi connectivity index (χ0n) is 12.9. The van der Waals surface area contributed by atoms with Gasteiger partial charge in [-0.1, -0.05) is 0 Å². The average molecular weight is 365 g/mol. The SMILES string of the molecule is CS(=O)(=O)N(CCNC(=O)NC1CC1)c1ccc(C(F)(F)F)cc1. The Kier molecular flexibility index (Phi) is 5.26. The molecule has 1 aromatic rings. The molecule has 0 heterocycles. The molecule has 1 saturated carbocycles. The Bertz CT molecular complexity index is 685. The maximum absolute atomic E-state index is 12.6. The van der Waals surface area contributed by atoms with Gasteiger partial charge in [0.25, 0.3) is 0 Å². The standard InChI is InChI=1S/C14H18F3N3O3S/c1-24(22,23)20(9-8-18-13(21)19-11-4-5-11)12-6-2-10(3-7-12)14(15,16)17/h2-3,6-7,11H,4-5,8-9H2,1H3,(H2,18,19,21). The second-order valence-corrected chi connectivity index (χ2v) is 7.46. The number of hydrogen-bond acceptors (Lipinski definition) is 3. The number of carbonyl (C=O) groups is 1. The highest BCUT2D eigenvalue weighted by Gasteiger charge is 2.30. The lowest BCUT2D eigenvalue weighted by atomic mass is 10.2. The molecule has 2 amide bonds. The molecule has 24 heavy (non-hydrogen) atoms. The van der Waals surface area contributed by atoms with Crippen molar-refractivity contribution in [2.24, 2.45) is 0 Å². The molecule has 0 radical (unpaired) electrons. The molecule has 1 fully saturated rings. The number of nitrogens with one attached hydrogen (secondary N) is 2. The fraction of sp³-hybridized carbons (Fsp3) is 0.500. The number of halogens is 3. The second-order valence-electron chi connectivity index (χ2n) is 5.55. The third-order valence-corrected chi connectivity index (χ3v) is 4.59. The molecule has 6 nitrogen and oxygen atoms in total. The number of carbonyl (C=O) groups excluding carboxylic acids is 1. The molecule has 2 N–H and O–H groups in total. The van der Waals surface area contributed by atoms with Gasteiger partial charge >= 0.3 is 12.2 Å². The summed E-state index contributed by atoms with van der Waals surface area (Å²) in [5.74, 6) is 0. The van der Waals surface area contributed by atoms with Crippen LogP contribution in [0, 0.1) is 0 Å². The maximum atomic E-state index is 12.6. The quantitative estimate of drug-likeness (QED) is 0.809. The van der Waals surface area contributed by atoms with Gasteiger partial charge in [0.1, 0.15) is 0 Å². The molecular formula is C14H18F3N3O3S. The van der Waals surface area contributed by atoms with Gasteiger partial charge in [-0.3, -0.25) is 4.31 Å². The van der Waals surface area contributed by atoms with E-state index < -0.39 is 27.8 Å². The largest absolute Gasteiger partial charge is 0.416 e. The van der Waals surface area contributed by atoms with Crippen LogP contribution >= 0.6 is 0 Å². The summed E-state index contributed by atoms with van der Waals surface area (Å²) in [5.41, 5.74) is -0.753. The van der Waals surface area contributed by atoms with Crippen molar-refractivity contribution < 1.29 is 26.4 Å². The summed E-state index contributed by atoms with van der Waals surface area (Å²) in [4.78, 5) is 11.5. The lowest BCUT2D eigenvalue weighted by Gasteiger charge is -2.23. The van der Waals surface area contributed by atoms with Gasteiger partial charge in [0.2, 0.25) is 10.0 Å². The minimum atomic E-state index is -4.49. The molecule has 0 saturated heterocycles. The second kappa shape index (κ2) is 6.88. The third kappa shape index (κ3) is 5.29. The summed E-state index contributed by atoms with van der Waals surface area (Å²) in [5, 5.41) is 5.21. The first-order valence-corrected chi connectivity index (χ1v) is 9.11. The number of benzene rings is 1. The van der Waals surface area contributed by atoms with Gasteiger partial charge < -0.3 is 10.6 Å². The van der Waals surface area contributed by atoms with Crippen LogP contribution in [0.5, 0.6) is 0 Å². The maximum Gasteiger partial charge on any atom is 0.416 e. The van der Waals surface area contributed by atoms with Crippen molar-refractivity contribution in [3.63, 3.8) is 0 Å². The Morgan fingerprint density at radius 3 is 2.29 bits per heavy atom. The van der Waals surface area contributed by atoms with E-state index in [4.69, 9.17) is 0 Å². The number of alkyl halides is 3. The van der Waals surface area contributed by atoms with Gasteiger partial charge in [-0.15, -0.1) is 0 Å². The van der Waals surface area contributed by atoms with E-state index in [0.29, 0.717) is 0 Å². The third-order valence-electron chi connectivity index (χ3n) is 3.40. The van der Waals surface area contributed by atoms with Crippen LogP contribution in [0.15, 0.2) is 24.3 Å². The molecule has 2 rings (SSSR count). The monoisotopic (exact) mass is 365 g/mol. The van der Waals surface area contributed by atoms with Crippen LogP contribution in [-0.4, -0.2) is 39.8 Å². The first-order chi connectivity index (χ1) is 11.1. The number of anilines is 1. The Balaban J connectivity index is 2.01. The minimum Gasteiger partial charge on any atom is -0.336 e. The molecule has 0 unspecified atom stereocenters. The van der Waals surface area contributed by atoms with Crippen LogP contribution in [0.25, 0.3) is 0 Å². The Hall–Kier alpha value is -1.97. The van der Waals surface area contributed by atoms with Gasteiger partial charge in [-0.25, -0.2) is 13.2 Å². The number of urea groups is 1. The molecule has 0 atom stereocenters. The number of sulfonamides is 1. The highest BCUT2D eigenvalue weighted by atomic mass is 32.2. The summed E-state index contributed by atoms with van der Waals surface area (Å²) in [6.07, 6.45) is -1.69. The van der Waals surface area contributed by atoms with Crippen molar-refractivity contribution in [2.45, 2.75) is 25.1 Å². The van der Waals surface area contributed by atoms with Crippen molar-refractivity contribution >= 4 is 21.7 Å². The smallest absolute Gasteiger partial charge is 0.336 e. The number of hydrogen-bond donors (Lipinski definition) is 2. The van der Waals surface area contributed by atoms with Crippen molar-refractivity contribution in [3.05, 3.63) is 29.8 Å². The van der Waals surface area contributed by atoms with Crippen LogP contribution in [0.1, 0.15) is 18.4 Å². The summed E-state index contributed by atoms with van der Waals surface area (Å²) >= 11 is 0. The lowest BCUT2D eigenvalue weighted by molar-refractivity contribution is -0.137. The van der Waals surface area contributed by atoms with E-state index in [2.05, 4.69) is 10.6 Å². The van der Waals surface area contributed by atoms with E-state index in [0.717, 1.165) is 47.7 Å². The first-order valence-electron chi connectivity index (χ1n) is 7.27. The van der Waals surface area contributed by atoms with E-state index in [1.54, 1.807) is 0 Å². The zero-order chi connectivity index (χ0) is 18.0. The zero-order valence-corrected chi connectivity index (χ0v) is 13.7. The summed E-state index contributed by atoms with van der Waals surface area (Å²) < 4.78 is 62.4. The molecule has 1 aliphatic carbocycles. The predicted molar refractivity (Wildman–Crippen MR) is 83.2 cm³/mol. The Labute approximate surface area is 138 Å². The topological polar surface area (TPSA) is 78.5 Å². The first kappa shape index (κ1) is 18.4. The summed E-state index contributed by atoms with van der Waals surface area (Å²) in [6, 6.07) is 3.60. The van der Waals surface area contributed by atoms with E-state index in [1.165, 1.54) is 0 Å². The summed E-state index contributed by atoms with van der Waals surface area (Å²) in [6.45, 7) is -0.0467. The lowest BCUT2D eigenvalue weighted by Crippen LogP contribution is -2.42. The van der Waals surface area contributed by atoms with E-state index in [-0.39, 0.29) is 24.8 Å². The highest BCUT2D eigenvalue weighted by molar-refractivity contribution is 7.92. The molecule has 0 aromatic heterocycles.